The summed E-state index contributed by atoms with van der Waals surface area (Å²) in [6.45, 7) is 1.02. The van der Waals surface area contributed by atoms with Crippen LogP contribution in [-0.2, 0) is 0 Å². The summed E-state index contributed by atoms with van der Waals surface area (Å²) >= 11 is 0. The second-order valence-electron chi connectivity index (χ2n) is 2.91. The van der Waals surface area contributed by atoms with Gasteiger partial charge in [0, 0.05) is 24.7 Å². The molecule has 2 heteroatoms. The molecule has 1 fully saturated rings. The summed E-state index contributed by atoms with van der Waals surface area (Å²) in [6, 6.07) is 0.822. The molecular weight excluding hydrogens is 124 g/mol. The Balaban J connectivity index is 1.92. The van der Waals surface area contributed by atoms with E-state index >= 15 is 0 Å². The zero-order valence-electron chi connectivity index (χ0n) is 6.03. The van der Waals surface area contributed by atoms with Crippen LogP contribution in [0.2, 0.25) is 0 Å². The Morgan fingerprint density at radius 2 is 2.30 bits per heavy atom. The molecule has 0 aromatic carbocycles. The lowest BCUT2D eigenvalue weighted by molar-refractivity contribution is 0.204. The molecule has 1 aliphatic carbocycles. The van der Waals surface area contributed by atoms with E-state index in [2.05, 4.69) is 16.1 Å². The van der Waals surface area contributed by atoms with Gasteiger partial charge in [-0.3, -0.25) is 4.99 Å². The lowest BCUT2D eigenvalue weighted by Crippen LogP contribution is -2.38. The molecular formula is C8H12N2. The Kier molecular flexibility index (Phi) is 1.46. The van der Waals surface area contributed by atoms with Crippen LogP contribution in [0.3, 0.4) is 0 Å². The number of rotatable bonds is 1. The minimum atomic E-state index is 0.822. The summed E-state index contributed by atoms with van der Waals surface area (Å²) in [4.78, 5) is 6.39. The van der Waals surface area contributed by atoms with Crippen LogP contribution in [0.1, 0.15) is 19.3 Å². The predicted molar refractivity (Wildman–Crippen MR) is 42.0 cm³/mol. The first-order valence-corrected chi connectivity index (χ1v) is 3.91. The van der Waals surface area contributed by atoms with Gasteiger partial charge in [0.15, 0.2) is 0 Å². The van der Waals surface area contributed by atoms with Crippen LogP contribution in [0.15, 0.2) is 17.4 Å². The van der Waals surface area contributed by atoms with Crippen LogP contribution in [0.25, 0.3) is 0 Å². The average Bonchev–Trinajstić information content (AvgIpc) is 1.86. The molecule has 0 aromatic heterocycles. The standard InChI is InChI=1S/C8H12N2/c1-2-8(3-1)10-6-4-9-5-7-10/h4-6,8H,1-3,7H2. The molecule has 2 nitrogen and oxygen atoms in total. The quantitative estimate of drug-likeness (QED) is 0.532. The van der Waals surface area contributed by atoms with Gasteiger partial charge in [0.1, 0.15) is 0 Å². The SMILES string of the molecule is C1=CN(C2CCC2)CC=N1. The summed E-state index contributed by atoms with van der Waals surface area (Å²) in [5, 5.41) is 0. The van der Waals surface area contributed by atoms with Gasteiger partial charge in [-0.05, 0) is 19.3 Å². The highest BCUT2D eigenvalue weighted by Crippen LogP contribution is 2.24. The highest BCUT2D eigenvalue weighted by atomic mass is 15.2. The molecule has 0 amide bonds. The third kappa shape index (κ3) is 0.939. The van der Waals surface area contributed by atoms with E-state index in [9.17, 15) is 0 Å². The fraction of sp³-hybridized carbons (Fsp3) is 0.625. The average molecular weight is 136 g/mol. The van der Waals surface area contributed by atoms with Gasteiger partial charge in [-0.25, -0.2) is 0 Å². The van der Waals surface area contributed by atoms with Crippen molar-refractivity contribution in [1.82, 2.24) is 4.90 Å². The van der Waals surface area contributed by atoms with Crippen molar-refractivity contribution >= 4 is 6.21 Å². The first-order chi connectivity index (χ1) is 4.97. The molecule has 1 aliphatic heterocycles. The summed E-state index contributed by atoms with van der Waals surface area (Å²) in [7, 11) is 0. The largest absolute Gasteiger partial charge is 0.368 e. The molecule has 2 rings (SSSR count). The maximum atomic E-state index is 4.02. The zero-order valence-corrected chi connectivity index (χ0v) is 6.03. The van der Waals surface area contributed by atoms with Crippen molar-refractivity contribution in [2.75, 3.05) is 6.54 Å². The van der Waals surface area contributed by atoms with E-state index < -0.39 is 0 Å². The summed E-state index contributed by atoms with van der Waals surface area (Å²) in [5.41, 5.74) is 0. The maximum Gasteiger partial charge on any atom is 0.0530 e. The molecule has 10 heavy (non-hydrogen) atoms. The Morgan fingerprint density at radius 3 is 2.80 bits per heavy atom. The van der Waals surface area contributed by atoms with Gasteiger partial charge in [0.2, 0.25) is 0 Å². The van der Waals surface area contributed by atoms with Gasteiger partial charge < -0.3 is 4.90 Å². The van der Waals surface area contributed by atoms with Crippen molar-refractivity contribution in [2.24, 2.45) is 4.99 Å². The first kappa shape index (κ1) is 5.96. The highest BCUT2D eigenvalue weighted by molar-refractivity contribution is 5.61. The lowest BCUT2D eigenvalue weighted by Gasteiger charge is -2.36. The highest BCUT2D eigenvalue weighted by Gasteiger charge is 2.22. The van der Waals surface area contributed by atoms with Crippen LogP contribution in [0, 0.1) is 0 Å². The van der Waals surface area contributed by atoms with E-state index in [1.165, 1.54) is 19.3 Å². The molecule has 1 heterocycles. The van der Waals surface area contributed by atoms with Crippen molar-refractivity contribution < 1.29 is 0 Å². The van der Waals surface area contributed by atoms with E-state index in [1.54, 1.807) is 0 Å². The molecule has 0 atom stereocenters. The van der Waals surface area contributed by atoms with E-state index in [-0.39, 0.29) is 0 Å². The minimum absolute atomic E-state index is 0.822. The first-order valence-electron chi connectivity index (χ1n) is 3.91. The van der Waals surface area contributed by atoms with Crippen molar-refractivity contribution in [1.29, 1.82) is 0 Å². The molecule has 1 saturated carbocycles. The maximum absolute atomic E-state index is 4.02. The zero-order chi connectivity index (χ0) is 6.81. The van der Waals surface area contributed by atoms with Crippen molar-refractivity contribution in [2.45, 2.75) is 25.3 Å². The Labute approximate surface area is 61.2 Å². The van der Waals surface area contributed by atoms with E-state index in [0.717, 1.165) is 12.6 Å². The van der Waals surface area contributed by atoms with Gasteiger partial charge in [0.25, 0.3) is 0 Å². The normalized spacial score (nSPS) is 25.0. The minimum Gasteiger partial charge on any atom is -0.368 e. The molecule has 0 N–H and O–H groups in total. The molecule has 0 saturated heterocycles. The molecule has 2 aliphatic rings. The molecule has 0 spiro atoms. The van der Waals surface area contributed by atoms with Crippen LogP contribution >= 0.6 is 0 Å². The molecule has 54 valence electrons. The van der Waals surface area contributed by atoms with Gasteiger partial charge in [-0.1, -0.05) is 0 Å². The summed E-state index contributed by atoms with van der Waals surface area (Å²) < 4.78 is 0. The van der Waals surface area contributed by atoms with E-state index in [1.807, 2.05) is 12.4 Å². The lowest BCUT2D eigenvalue weighted by atomic mass is 9.92. The van der Waals surface area contributed by atoms with Gasteiger partial charge >= 0.3 is 0 Å². The second kappa shape index (κ2) is 2.45. The van der Waals surface area contributed by atoms with Crippen LogP contribution in [-0.4, -0.2) is 23.7 Å². The number of aliphatic imine (C=N–C) groups is 1. The molecule has 0 aromatic rings. The summed E-state index contributed by atoms with van der Waals surface area (Å²) in [6.07, 6.45) is 10.1. The second-order valence-corrected chi connectivity index (χ2v) is 2.91. The van der Waals surface area contributed by atoms with Crippen LogP contribution < -0.4 is 0 Å². The fourth-order valence-corrected chi connectivity index (χ4v) is 1.38. The summed E-state index contributed by atoms with van der Waals surface area (Å²) in [5.74, 6) is 0. The van der Waals surface area contributed by atoms with Crippen LogP contribution in [0.4, 0.5) is 0 Å². The Morgan fingerprint density at radius 1 is 1.40 bits per heavy atom. The third-order valence-electron chi connectivity index (χ3n) is 2.29. The molecule has 0 radical (unpaired) electrons. The number of nitrogens with zero attached hydrogens (tertiary/aromatic N) is 2. The Hall–Kier alpha value is -0.790. The van der Waals surface area contributed by atoms with Gasteiger partial charge in [-0.2, -0.15) is 0 Å². The van der Waals surface area contributed by atoms with E-state index in [0.29, 0.717) is 0 Å². The number of hydrogen-bond donors (Lipinski definition) is 0. The van der Waals surface area contributed by atoms with Crippen molar-refractivity contribution in [3.63, 3.8) is 0 Å². The molecule has 0 unspecified atom stereocenters. The monoisotopic (exact) mass is 136 g/mol. The van der Waals surface area contributed by atoms with Gasteiger partial charge in [0.05, 0.1) is 6.54 Å². The Bertz CT molecular complexity index is 168. The topological polar surface area (TPSA) is 15.6 Å². The third-order valence-corrected chi connectivity index (χ3v) is 2.29. The predicted octanol–water partition coefficient (Wildman–Crippen LogP) is 1.40. The number of hydrogen-bond acceptors (Lipinski definition) is 2. The van der Waals surface area contributed by atoms with Gasteiger partial charge in [-0.15, -0.1) is 0 Å². The van der Waals surface area contributed by atoms with Crippen molar-refractivity contribution in [3.8, 4) is 0 Å². The smallest absolute Gasteiger partial charge is 0.0530 e. The molecule has 0 bridgehead atoms. The van der Waals surface area contributed by atoms with E-state index in [4.69, 9.17) is 0 Å². The van der Waals surface area contributed by atoms with Crippen molar-refractivity contribution in [3.05, 3.63) is 12.4 Å². The van der Waals surface area contributed by atoms with Crippen LogP contribution in [0.5, 0.6) is 0 Å². The fourth-order valence-electron chi connectivity index (χ4n) is 1.38.